The molecule has 0 unspecified atom stereocenters. The maximum absolute atomic E-state index is 13.1. The van der Waals surface area contributed by atoms with Gasteiger partial charge in [0.25, 0.3) is 0 Å². The van der Waals surface area contributed by atoms with Gasteiger partial charge in [-0.15, -0.1) is 0 Å². The van der Waals surface area contributed by atoms with Gasteiger partial charge in [0, 0.05) is 6.26 Å². The lowest BCUT2D eigenvalue weighted by Crippen LogP contribution is -2.04. The predicted octanol–water partition coefficient (Wildman–Crippen LogP) is 1.58. The van der Waals surface area contributed by atoms with E-state index in [9.17, 15) is 17.6 Å². The van der Waals surface area contributed by atoms with Crippen molar-refractivity contribution >= 4 is 27.4 Å². The fourth-order valence-corrected chi connectivity index (χ4v) is 2.25. The second-order valence-corrected chi connectivity index (χ2v) is 5.21. The van der Waals surface area contributed by atoms with Crippen molar-refractivity contribution in [2.24, 2.45) is 0 Å². The van der Waals surface area contributed by atoms with Crippen molar-refractivity contribution in [3.63, 3.8) is 0 Å². The topological polar surface area (TPSA) is 71.4 Å². The molecule has 0 aliphatic heterocycles. The number of hydrogen-bond acceptors (Lipinski definition) is 3. The Kier molecular flexibility index (Phi) is 3.01. The van der Waals surface area contributed by atoms with E-state index in [1.54, 1.807) is 0 Å². The minimum absolute atomic E-state index is 0.461. The summed E-state index contributed by atoms with van der Waals surface area (Å²) in [6.45, 7) is 0. The molecular weight excluding hydrogens is 247 g/mol. The SMILES string of the molecule is CS(=O)(=O)c1cc(C(=O)O)cc(F)c1Cl. The lowest BCUT2D eigenvalue weighted by molar-refractivity contribution is 0.0696. The van der Waals surface area contributed by atoms with E-state index in [0.717, 1.165) is 12.3 Å². The van der Waals surface area contributed by atoms with Crippen molar-refractivity contribution < 1.29 is 22.7 Å². The molecule has 1 rings (SSSR count). The molecule has 1 aromatic carbocycles. The number of halogens is 2. The first-order chi connectivity index (χ1) is 6.73. The molecule has 1 aromatic rings. The van der Waals surface area contributed by atoms with Gasteiger partial charge in [-0.2, -0.15) is 0 Å². The van der Waals surface area contributed by atoms with Crippen LogP contribution in [0.3, 0.4) is 0 Å². The summed E-state index contributed by atoms with van der Waals surface area (Å²) in [6.07, 6.45) is 0.819. The zero-order valence-electron chi connectivity index (χ0n) is 7.49. The summed E-state index contributed by atoms with van der Waals surface area (Å²) < 4.78 is 35.3. The first-order valence-corrected chi connectivity index (χ1v) is 5.93. The average Bonchev–Trinajstić information content (AvgIpc) is 2.06. The van der Waals surface area contributed by atoms with Crippen LogP contribution in [0.25, 0.3) is 0 Å². The Labute approximate surface area is 90.2 Å². The largest absolute Gasteiger partial charge is 0.478 e. The van der Waals surface area contributed by atoms with E-state index >= 15 is 0 Å². The molecule has 0 aliphatic carbocycles. The molecule has 82 valence electrons. The highest BCUT2D eigenvalue weighted by Crippen LogP contribution is 2.26. The molecule has 7 heteroatoms. The van der Waals surface area contributed by atoms with E-state index in [0.29, 0.717) is 6.07 Å². The van der Waals surface area contributed by atoms with E-state index in [4.69, 9.17) is 16.7 Å². The van der Waals surface area contributed by atoms with Crippen molar-refractivity contribution in [1.82, 2.24) is 0 Å². The van der Waals surface area contributed by atoms with Crippen LogP contribution in [-0.2, 0) is 9.84 Å². The van der Waals surface area contributed by atoms with Crippen molar-refractivity contribution in [3.05, 3.63) is 28.5 Å². The van der Waals surface area contributed by atoms with Crippen molar-refractivity contribution in [2.75, 3.05) is 6.26 Å². The van der Waals surface area contributed by atoms with Crippen molar-refractivity contribution in [1.29, 1.82) is 0 Å². The molecule has 0 aliphatic rings. The third kappa shape index (κ3) is 2.45. The van der Waals surface area contributed by atoms with Gasteiger partial charge in [-0.25, -0.2) is 17.6 Å². The number of carbonyl (C=O) groups is 1. The second kappa shape index (κ2) is 3.79. The standard InChI is InChI=1S/C8H6ClFO4S/c1-15(13,14)6-3-4(8(11)12)2-5(10)7(6)9/h2-3H,1H3,(H,11,12). The van der Waals surface area contributed by atoms with Crippen LogP contribution >= 0.6 is 11.6 Å². The predicted molar refractivity (Wildman–Crippen MR) is 51.5 cm³/mol. The Morgan fingerprint density at radius 3 is 2.40 bits per heavy atom. The maximum atomic E-state index is 13.1. The van der Waals surface area contributed by atoms with E-state index in [2.05, 4.69) is 0 Å². The minimum Gasteiger partial charge on any atom is -0.478 e. The highest BCUT2D eigenvalue weighted by atomic mass is 35.5. The van der Waals surface area contributed by atoms with Gasteiger partial charge in [-0.05, 0) is 12.1 Å². The molecule has 1 N–H and O–H groups in total. The zero-order chi connectivity index (χ0) is 11.8. The van der Waals surface area contributed by atoms with Crippen LogP contribution in [0.2, 0.25) is 5.02 Å². The molecule has 0 spiro atoms. The fraction of sp³-hybridized carbons (Fsp3) is 0.125. The molecular formula is C8H6ClFO4S. The highest BCUT2D eigenvalue weighted by molar-refractivity contribution is 7.90. The van der Waals surface area contributed by atoms with E-state index in [1.807, 2.05) is 0 Å². The van der Waals surface area contributed by atoms with Gasteiger partial charge in [-0.3, -0.25) is 0 Å². The Morgan fingerprint density at radius 1 is 1.47 bits per heavy atom. The highest BCUT2D eigenvalue weighted by Gasteiger charge is 2.19. The summed E-state index contributed by atoms with van der Waals surface area (Å²) in [6, 6.07) is 1.49. The van der Waals surface area contributed by atoms with Gasteiger partial charge in [-0.1, -0.05) is 11.6 Å². The zero-order valence-corrected chi connectivity index (χ0v) is 9.06. The summed E-state index contributed by atoms with van der Waals surface area (Å²) in [7, 11) is -3.75. The van der Waals surface area contributed by atoms with Crippen molar-refractivity contribution in [3.8, 4) is 0 Å². The first kappa shape index (κ1) is 11.9. The molecule has 0 fully saturated rings. The monoisotopic (exact) mass is 252 g/mol. The van der Waals surface area contributed by atoms with Crippen LogP contribution in [0.4, 0.5) is 4.39 Å². The number of carboxylic acids is 1. The quantitative estimate of drug-likeness (QED) is 0.867. The van der Waals surface area contributed by atoms with Gasteiger partial charge in [0.05, 0.1) is 15.5 Å². The third-order valence-electron chi connectivity index (χ3n) is 1.64. The molecule has 15 heavy (non-hydrogen) atoms. The maximum Gasteiger partial charge on any atom is 0.335 e. The summed E-state index contributed by atoms with van der Waals surface area (Å²) in [4.78, 5) is 10.0. The Balaban J connectivity index is 3.59. The third-order valence-corrected chi connectivity index (χ3v) is 3.26. The molecule has 0 bridgehead atoms. The average molecular weight is 253 g/mol. The normalized spacial score (nSPS) is 11.4. The van der Waals surface area contributed by atoms with E-state index < -0.39 is 37.1 Å². The van der Waals surface area contributed by atoms with Crippen LogP contribution < -0.4 is 0 Å². The Morgan fingerprint density at radius 2 is 2.00 bits per heavy atom. The van der Waals surface area contributed by atoms with Gasteiger partial charge in [0.15, 0.2) is 9.84 Å². The Hall–Kier alpha value is -1.14. The molecule has 4 nitrogen and oxygen atoms in total. The molecule has 0 heterocycles. The van der Waals surface area contributed by atoms with E-state index in [-0.39, 0.29) is 0 Å². The number of benzene rings is 1. The second-order valence-electron chi connectivity index (χ2n) is 2.85. The lowest BCUT2D eigenvalue weighted by atomic mass is 10.2. The van der Waals surface area contributed by atoms with Crippen LogP contribution in [0.5, 0.6) is 0 Å². The fourth-order valence-electron chi connectivity index (χ4n) is 0.957. The molecule has 0 atom stereocenters. The van der Waals surface area contributed by atoms with Crippen molar-refractivity contribution in [2.45, 2.75) is 4.90 Å². The molecule has 0 saturated carbocycles. The summed E-state index contributed by atoms with van der Waals surface area (Å²) in [5.41, 5.74) is -0.461. The molecule has 0 saturated heterocycles. The molecule has 0 amide bonds. The van der Waals surface area contributed by atoms with Gasteiger partial charge < -0.3 is 5.11 Å². The lowest BCUT2D eigenvalue weighted by Gasteiger charge is -2.04. The minimum atomic E-state index is -3.75. The Bertz CT molecular complexity index is 524. The molecule has 0 radical (unpaired) electrons. The van der Waals surface area contributed by atoms with Crippen LogP contribution in [0.15, 0.2) is 17.0 Å². The first-order valence-electron chi connectivity index (χ1n) is 3.66. The van der Waals surface area contributed by atoms with Gasteiger partial charge in [0.1, 0.15) is 5.82 Å². The van der Waals surface area contributed by atoms with Crippen LogP contribution in [-0.4, -0.2) is 25.7 Å². The van der Waals surface area contributed by atoms with Gasteiger partial charge >= 0.3 is 5.97 Å². The number of sulfone groups is 1. The summed E-state index contributed by atoms with van der Waals surface area (Å²) in [5.74, 6) is -2.49. The number of rotatable bonds is 2. The smallest absolute Gasteiger partial charge is 0.335 e. The van der Waals surface area contributed by atoms with Crippen LogP contribution in [0.1, 0.15) is 10.4 Å². The number of hydrogen-bond donors (Lipinski definition) is 1. The van der Waals surface area contributed by atoms with Crippen LogP contribution in [0, 0.1) is 5.82 Å². The summed E-state index contributed by atoms with van der Waals surface area (Å²) >= 11 is 5.41. The van der Waals surface area contributed by atoms with E-state index in [1.165, 1.54) is 0 Å². The number of aromatic carboxylic acids is 1. The molecule has 0 aromatic heterocycles. The number of carboxylic acid groups (broad SMARTS) is 1. The summed E-state index contributed by atoms with van der Waals surface area (Å²) in [5, 5.41) is 7.99. The van der Waals surface area contributed by atoms with Gasteiger partial charge in [0.2, 0.25) is 0 Å².